The number of hydrazone groups is 2. The molecule has 0 amide bonds. The van der Waals surface area contributed by atoms with Gasteiger partial charge in [-0.15, -0.1) is 0 Å². The zero-order valence-electron chi connectivity index (χ0n) is 20.9. The monoisotopic (exact) mass is 644 g/mol. The molecule has 4 aromatic rings. The third-order valence-corrected chi connectivity index (χ3v) is 8.26. The molecule has 0 saturated carbocycles. The van der Waals surface area contributed by atoms with Gasteiger partial charge in [0, 0.05) is 32.9 Å². The van der Waals surface area contributed by atoms with Crippen molar-refractivity contribution in [1.82, 2.24) is 10.9 Å². The highest BCUT2D eigenvalue weighted by Gasteiger charge is 2.25. The van der Waals surface area contributed by atoms with E-state index in [-0.39, 0.29) is 23.6 Å². The van der Waals surface area contributed by atoms with E-state index in [1.54, 1.807) is 12.1 Å². The van der Waals surface area contributed by atoms with Gasteiger partial charge >= 0.3 is 0 Å². The highest BCUT2D eigenvalue weighted by molar-refractivity contribution is 9.10. The summed E-state index contributed by atoms with van der Waals surface area (Å²) in [5.41, 5.74) is 14.3. The summed E-state index contributed by atoms with van der Waals surface area (Å²) in [5.74, 6) is 0.505. The minimum Gasteiger partial charge on any atom is -0.508 e. The van der Waals surface area contributed by atoms with Gasteiger partial charge in [-0.3, -0.25) is 0 Å². The van der Waals surface area contributed by atoms with E-state index in [9.17, 15) is 10.2 Å². The van der Waals surface area contributed by atoms with Crippen LogP contribution in [0.1, 0.15) is 58.3 Å². The van der Waals surface area contributed by atoms with Crippen molar-refractivity contribution in [2.45, 2.75) is 31.3 Å². The largest absolute Gasteiger partial charge is 0.508 e. The molecule has 6 rings (SSSR count). The molecule has 0 radical (unpaired) electrons. The summed E-state index contributed by atoms with van der Waals surface area (Å²) in [6.45, 7) is 0. The Hall–Kier alpha value is -3.62. The average molecular weight is 646 g/mol. The first-order valence-corrected chi connectivity index (χ1v) is 14.3. The van der Waals surface area contributed by atoms with Gasteiger partial charge in [-0.2, -0.15) is 10.2 Å². The van der Waals surface area contributed by atoms with Gasteiger partial charge in [-0.25, -0.2) is 0 Å². The van der Waals surface area contributed by atoms with E-state index in [2.05, 4.69) is 52.9 Å². The number of aromatic hydroxyl groups is 2. The molecule has 2 heterocycles. The molecule has 2 atom stereocenters. The zero-order valence-corrected chi connectivity index (χ0v) is 24.1. The van der Waals surface area contributed by atoms with Crippen LogP contribution < -0.4 is 10.9 Å². The average Bonchev–Trinajstić information content (AvgIpc) is 3.63. The van der Waals surface area contributed by atoms with Crippen molar-refractivity contribution in [2.24, 2.45) is 10.2 Å². The Morgan fingerprint density at radius 1 is 0.615 bits per heavy atom. The lowest BCUT2D eigenvalue weighted by Crippen LogP contribution is -2.11. The fraction of sp³-hybridized carbons (Fsp3) is 0.161. The van der Waals surface area contributed by atoms with Gasteiger partial charge in [0.05, 0.1) is 23.5 Å². The van der Waals surface area contributed by atoms with Crippen LogP contribution in [-0.4, -0.2) is 21.6 Å². The van der Waals surface area contributed by atoms with Crippen molar-refractivity contribution in [3.63, 3.8) is 0 Å². The predicted octanol–water partition coefficient (Wildman–Crippen LogP) is 7.09. The Morgan fingerprint density at radius 3 is 1.44 bits per heavy atom. The Kier molecular flexibility index (Phi) is 7.14. The summed E-state index contributed by atoms with van der Waals surface area (Å²) in [6.07, 6.45) is 2.05. The van der Waals surface area contributed by atoms with E-state index < -0.39 is 0 Å². The quantitative estimate of drug-likeness (QED) is 0.180. The lowest BCUT2D eigenvalue weighted by Gasteiger charge is -2.16. The minimum absolute atomic E-state index is 0.101. The molecule has 2 aliphatic rings. The summed E-state index contributed by atoms with van der Waals surface area (Å²) in [6, 6.07) is 27.5. The highest BCUT2D eigenvalue weighted by atomic mass is 79.9. The van der Waals surface area contributed by atoms with E-state index in [1.165, 1.54) is 0 Å². The van der Waals surface area contributed by atoms with Crippen LogP contribution in [0.5, 0.6) is 11.5 Å². The summed E-state index contributed by atoms with van der Waals surface area (Å²) in [4.78, 5) is 0. The fourth-order valence-corrected chi connectivity index (χ4v) is 5.64. The second-order valence-corrected chi connectivity index (χ2v) is 11.7. The third kappa shape index (κ3) is 5.58. The standard InChI is InChI=1S/C31H26Br2N4O2/c32-22-7-3-20(4-8-22)26-16-28(36-34-26)24-14-18(1-11-30(24)38)13-19-2-12-31(39)25(15-19)29-17-27(35-37-29)21-5-9-23(33)10-6-21/h1-12,14-15,28-29,36-39H,13,16-17H2. The maximum Gasteiger partial charge on any atom is 0.120 e. The Balaban J connectivity index is 1.16. The van der Waals surface area contributed by atoms with Crippen LogP contribution in [0.25, 0.3) is 0 Å². The van der Waals surface area contributed by atoms with Crippen LogP contribution >= 0.6 is 31.9 Å². The number of halogens is 2. The maximum atomic E-state index is 10.7. The highest BCUT2D eigenvalue weighted by Crippen LogP contribution is 2.34. The number of nitrogens with one attached hydrogen (secondary N) is 2. The minimum atomic E-state index is -0.101. The van der Waals surface area contributed by atoms with E-state index in [4.69, 9.17) is 0 Å². The maximum absolute atomic E-state index is 10.7. The van der Waals surface area contributed by atoms with Crippen LogP contribution in [-0.2, 0) is 6.42 Å². The van der Waals surface area contributed by atoms with Gasteiger partial charge in [0.2, 0.25) is 0 Å². The Morgan fingerprint density at radius 2 is 1.03 bits per heavy atom. The molecule has 4 aromatic carbocycles. The first kappa shape index (κ1) is 25.6. The number of rotatable bonds is 6. The molecule has 4 N–H and O–H groups in total. The van der Waals surface area contributed by atoms with Crippen LogP contribution in [0.15, 0.2) is 104 Å². The topological polar surface area (TPSA) is 89.2 Å². The second kappa shape index (κ2) is 10.9. The Labute approximate surface area is 243 Å². The van der Waals surface area contributed by atoms with Crippen molar-refractivity contribution >= 4 is 43.3 Å². The molecule has 0 saturated heterocycles. The van der Waals surface area contributed by atoms with Crippen molar-refractivity contribution in [1.29, 1.82) is 0 Å². The molecule has 2 unspecified atom stereocenters. The molecule has 0 aromatic heterocycles. The normalized spacial score (nSPS) is 18.3. The van der Waals surface area contributed by atoms with Crippen LogP contribution in [0, 0.1) is 0 Å². The SMILES string of the molecule is Oc1ccc(Cc2ccc(O)c(C3CC(c4ccc(Br)cc4)=NN3)c2)cc1C1CC(c2ccc(Br)cc2)=NN1. The molecule has 2 aliphatic heterocycles. The third-order valence-electron chi connectivity index (χ3n) is 7.20. The summed E-state index contributed by atoms with van der Waals surface area (Å²) < 4.78 is 2.05. The van der Waals surface area contributed by atoms with Crippen molar-refractivity contribution < 1.29 is 10.2 Å². The number of nitrogens with zero attached hydrogens (tertiary/aromatic N) is 2. The van der Waals surface area contributed by atoms with E-state index in [0.29, 0.717) is 19.3 Å². The predicted molar refractivity (Wildman–Crippen MR) is 161 cm³/mol. The van der Waals surface area contributed by atoms with Crippen molar-refractivity contribution in [3.8, 4) is 11.5 Å². The second-order valence-electron chi connectivity index (χ2n) is 9.87. The van der Waals surface area contributed by atoms with Gasteiger partial charge in [-0.05, 0) is 77.2 Å². The molecule has 6 nitrogen and oxygen atoms in total. The summed E-state index contributed by atoms with van der Waals surface area (Å²) in [7, 11) is 0. The van der Waals surface area contributed by atoms with Crippen LogP contribution in [0.2, 0.25) is 0 Å². The number of phenols is 2. The first-order valence-electron chi connectivity index (χ1n) is 12.7. The number of benzene rings is 4. The molecule has 0 spiro atoms. The molecule has 196 valence electrons. The number of hydrogen-bond acceptors (Lipinski definition) is 6. The molecule has 39 heavy (non-hydrogen) atoms. The van der Waals surface area contributed by atoms with Gasteiger partial charge in [0.1, 0.15) is 11.5 Å². The zero-order chi connectivity index (χ0) is 26.9. The van der Waals surface area contributed by atoms with Crippen molar-refractivity contribution in [3.05, 3.63) is 127 Å². The van der Waals surface area contributed by atoms with E-state index in [1.807, 2.05) is 72.8 Å². The fourth-order valence-electron chi connectivity index (χ4n) is 5.11. The van der Waals surface area contributed by atoms with E-state index in [0.717, 1.165) is 53.7 Å². The molecule has 0 bridgehead atoms. The van der Waals surface area contributed by atoms with Gasteiger partial charge in [0.15, 0.2) is 0 Å². The van der Waals surface area contributed by atoms with E-state index >= 15 is 0 Å². The van der Waals surface area contributed by atoms with Gasteiger partial charge in [-0.1, -0.05) is 68.3 Å². The molecule has 0 fully saturated rings. The summed E-state index contributed by atoms with van der Waals surface area (Å²) >= 11 is 6.95. The smallest absolute Gasteiger partial charge is 0.120 e. The lowest BCUT2D eigenvalue weighted by molar-refractivity contribution is 0.455. The number of hydrogen-bond donors (Lipinski definition) is 4. The molecular formula is C31H26Br2N4O2. The van der Waals surface area contributed by atoms with Crippen molar-refractivity contribution in [2.75, 3.05) is 0 Å². The van der Waals surface area contributed by atoms with Crippen LogP contribution in [0.4, 0.5) is 0 Å². The molecule has 0 aliphatic carbocycles. The first-order chi connectivity index (χ1) is 18.9. The Bertz CT molecular complexity index is 1460. The van der Waals surface area contributed by atoms with Gasteiger partial charge in [0.25, 0.3) is 0 Å². The molecule has 8 heteroatoms. The molecular weight excluding hydrogens is 620 g/mol. The van der Waals surface area contributed by atoms with Crippen LogP contribution in [0.3, 0.4) is 0 Å². The lowest BCUT2D eigenvalue weighted by atomic mass is 9.93. The number of phenolic OH excluding ortho intramolecular Hbond substituents is 2. The summed E-state index contributed by atoms with van der Waals surface area (Å²) in [5, 5.41) is 30.4. The van der Waals surface area contributed by atoms with Gasteiger partial charge < -0.3 is 21.1 Å².